The van der Waals surface area contributed by atoms with Gasteiger partial charge in [0.15, 0.2) is 0 Å². The van der Waals surface area contributed by atoms with Gasteiger partial charge in [0.25, 0.3) is 0 Å². The van der Waals surface area contributed by atoms with E-state index in [-0.39, 0.29) is 11.7 Å². The van der Waals surface area contributed by atoms with Gasteiger partial charge in [-0.25, -0.2) is 4.99 Å². The van der Waals surface area contributed by atoms with Crippen molar-refractivity contribution < 1.29 is 0 Å². The van der Waals surface area contributed by atoms with Crippen LogP contribution in [-0.4, -0.2) is 5.84 Å². The molecular formula is C10H11N5. The van der Waals surface area contributed by atoms with E-state index in [0.717, 1.165) is 10.6 Å². The van der Waals surface area contributed by atoms with Crippen LogP contribution in [0.25, 0.3) is 6.08 Å². The zero-order valence-electron chi connectivity index (χ0n) is 7.99. The van der Waals surface area contributed by atoms with Gasteiger partial charge >= 0.3 is 0 Å². The minimum Gasteiger partial charge on any atom is -0.384 e. The van der Waals surface area contributed by atoms with E-state index in [1.54, 1.807) is 18.2 Å². The molecule has 0 fully saturated rings. The van der Waals surface area contributed by atoms with E-state index in [4.69, 9.17) is 22.6 Å². The van der Waals surface area contributed by atoms with Gasteiger partial charge < -0.3 is 17.2 Å². The molecule has 0 saturated carbocycles. The molecule has 1 aliphatic heterocycles. The van der Waals surface area contributed by atoms with Gasteiger partial charge in [-0.1, -0.05) is 12.1 Å². The Morgan fingerprint density at radius 3 is 2.53 bits per heavy atom. The first-order valence-corrected chi connectivity index (χ1v) is 4.38. The molecule has 0 unspecified atom stereocenters. The SMILES string of the molecule is N=C(N)c1ccc2c(c1)=NC(=C(N)N)C=2. The van der Waals surface area contributed by atoms with E-state index in [1.165, 1.54) is 0 Å². The van der Waals surface area contributed by atoms with Crippen LogP contribution >= 0.6 is 0 Å². The number of rotatable bonds is 1. The molecule has 1 aromatic rings. The molecule has 1 aliphatic rings. The summed E-state index contributed by atoms with van der Waals surface area (Å²) in [6.45, 7) is 0. The highest BCUT2D eigenvalue weighted by molar-refractivity contribution is 5.94. The zero-order valence-corrected chi connectivity index (χ0v) is 7.99. The van der Waals surface area contributed by atoms with E-state index in [9.17, 15) is 0 Å². The molecule has 7 N–H and O–H groups in total. The molecule has 1 heterocycles. The Morgan fingerprint density at radius 1 is 1.20 bits per heavy atom. The van der Waals surface area contributed by atoms with Crippen LogP contribution in [0, 0.1) is 5.41 Å². The Hall–Kier alpha value is -2.30. The highest BCUT2D eigenvalue weighted by Gasteiger charge is 2.04. The lowest BCUT2D eigenvalue weighted by atomic mass is 10.2. The third kappa shape index (κ3) is 1.54. The second kappa shape index (κ2) is 3.13. The number of benzene rings is 1. The fourth-order valence-corrected chi connectivity index (χ4v) is 1.39. The Morgan fingerprint density at radius 2 is 1.93 bits per heavy atom. The molecule has 2 rings (SSSR count). The number of nitrogens with one attached hydrogen (secondary N) is 1. The maximum absolute atomic E-state index is 7.30. The highest BCUT2D eigenvalue weighted by atomic mass is 14.9. The van der Waals surface area contributed by atoms with Gasteiger partial charge in [0.2, 0.25) is 0 Å². The smallest absolute Gasteiger partial charge is 0.122 e. The van der Waals surface area contributed by atoms with Crippen molar-refractivity contribution in [3.63, 3.8) is 0 Å². The summed E-state index contributed by atoms with van der Waals surface area (Å²) >= 11 is 0. The Kier molecular flexibility index (Phi) is 1.93. The van der Waals surface area contributed by atoms with Gasteiger partial charge in [-0.3, -0.25) is 5.41 Å². The van der Waals surface area contributed by atoms with Crippen LogP contribution in [0.5, 0.6) is 0 Å². The number of nitrogens with zero attached hydrogens (tertiary/aromatic N) is 1. The van der Waals surface area contributed by atoms with E-state index >= 15 is 0 Å². The minimum atomic E-state index is 0.0196. The summed E-state index contributed by atoms with van der Waals surface area (Å²) in [5.41, 5.74) is 17.5. The highest BCUT2D eigenvalue weighted by Crippen LogP contribution is 2.02. The van der Waals surface area contributed by atoms with Crippen molar-refractivity contribution in [1.29, 1.82) is 5.41 Å². The maximum atomic E-state index is 7.30. The molecular weight excluding hydrogens is 190 g/mol. The van der Waals surface area contributed by atoms with Gasteiger partial charge in [-0.15, -0.1) is 0 Å². The lowest BCUT2D eigenvalue weighted by molar-refractivity contribution is 1.16. The van der Waals surface area contributed by atoms with E-state index in [1.807, 2.05) is 6.07 Å². The monoisotopic (exact) mass is 201 g/mol. The number of allylic oxidation sites excluding steroid dienone is 1. The van der Waals surface area contributed by atoms with Gasteiger partial charge in [-0.05, 0) is 12.1 Å². The van der Waals surface area contributed by atoms with Crippen molar-refractivity contribution in [2.24, 2.45) is 22.2 Å². The molecule has 5 nitrogen and oxygen atoms in total. The summed E-state index contributed by atoms with van der Waals surface area (Å²) in [4.78, 5) is 4.22. The van der Waals surface area contributed by atoms with Crippen molar-refractivity contribution >= 4 is 11.9 Å². The van der Waals surface area contributed by atoms with Crippen LogP contribution in [0.1, 0.15) is 5.56 Å². The van der Waals surface area contributed by atoms with Crippen molar-refractivity contribution in [2.45, 2.75) is 0 Å². The van der Waals surface area contributed by atoms with Crippen LogP contribution in [-0.2, 0) is 0 Å². The molecule has 15 heavy (non-hydrogen) atoms. The second-order valence-corrected chi connectivity index (χ2v) is 3.28. The predicted molar refractivity (Wildman–Crippen MR) is 58.1 cm³/mol. The third-order valence-electron chi connectivity index (χ3n) is 2.17. The lowest BCUT2D eigenvalue weighted by Gasteiger charge is -1.94. The maximum Gasteiger partial charge on any atom is 0.122 e. The van der Waals surface area contributed by atoms with Crippen molar-refractivity contribution in [3.8, 4) is 0 Å². The summed E-state index contributed by atoms with van der Waals surface area (Å²) < 4.78 is 0. The first-order valence-electron chi connectivity index (χ1n) is 4.38. The Bertz CT molecular complexity index is 578. The number of hydrogen-bond acceptors (Lipinski definition) is 4. The number of fused-ring (bicyclic) bond motifs is 1. The normalized spacial score (nSPS) is 12.7. The van der Waals surface area contributed by atoms with E-state index in [0.29, 0.717) is 11.3 Å². The molecule has 0 spiro atoms. The molecule has 0 bridgehead atoms. The molecule has 0 aromatic heterocycles. The molecule has 5 heteroatoms. The Balaban J connectivity index is 2.67. The van der Waals surface area contributed by atoms with Gasteiger partial charge in [0.05, 0.1) is 5.36 Å². The van der Waals surface area contributed by atoms with Crippen LogP contribution in [0.2, 0.25) is 0 Å². The first-order chi connectivity index (χ1) is 7.08. The van der Waals surface area contributed by atoms with Crippen molar-refractivity contribution in [2.75, 3.05) is 0 Å². The van der Waals surface area contributed by atoms with Crippen LogP contribution < -0.4 is 27.8 Å². The zero-order chi connectivity index (χ0) is 11.0. The molecule has 0 amide bonds. The van der Waals surface area contributed by atoms with E-state index in [2.05, 4.69) is 4.99 Å². The standard InChI is InChI=1S/C10H11N5/c11-9(12)6-2-1-5-3-8(10(13)14)15-7(5)4-6/h1-4H,13-14H2,(H3,11,12). The largest absolute Gasteiger partial charge is 0.384 e. The number of hydrogen-bond donors (Lipinski definition) is 4. The van der Waals surface area contributed by atoms with E-state index < -0.39 is 0 Å². The average molecular weight is 201 g/mol. The fourth-order valence-electron chi connectivity index (χ4n) is 1.39. The molecule has 0 radical (unpaired) electrons. The Labute approximate surface area is 86.1 Å². The third-order valence-corrected chi connectivity index (χ3v) is 2.17. The minimum absolute atomic E-state index is 0.0196. The number of nitrogen functional groups attached to an aromatic ring is 1. The quantitative estimate of drug-likeness (QED) is 0.326. The topological polar surface area (TPSA) is 114 Å². The van der Waals surface area contributed by atoms with Crippen LogP contribution in [0.3, 0.4) is 0 Å². The van der Waals surface area contributed by atoms with Crippen molar-refractivity contribution in [1.82, 2.24) is 0 Å². The van der Waals surface area contributed by atoms with Gasteiger partial charge in [0.1, 0.15) is 17.4 Å². The molecule has 1 aromatic carbocycles. The molecule has 0 saturated heterocycles. The van der Waals surface area contributed by atoms with Gasteiger partial charge in [-0.2, -0.15) is 0 Å². The summed E-state index contributed by atoms with van der Waals surface area (Å²) in [6, 6.07) is 5.35. The number of nitrogens with two attached hydrogens (primary N) is 3. The second-order valence-electron chi connectivity index (χ2n) is 3.28. The van der Waals surface area contributed by atoms with Crippen molar-refractivity contribution in [3.05, 3.63) is 45.9 Å². The average Bonchev–Trinajstić information content (AvgIpc) is 2.59. The van der Waals surface area contributed by atoms with Crippen LogP contribution in [0.4, 0.5) is 0 Å². The summed E-state index contributed by atoms with van der Waals surface area (Å²) in [5.74, 6) is 0.210. The lowest BCUT2D eigenvalue weighted by Crippen LogP contribution is -2.24. The molecule has 76 valence electrons. The summed E-state index contributed by atoms with van der Waals surface area (Å²) in [6.07, 6.45) is 1.80. The summed E-state index contributed by atoms with van der Waals surface area (Å²) in [7, 11) is 0. The predicted octanol–water partition coefficient (Wildman–Crippen LogP) is -1.53. The fraction of sp³-hybridized carbons (Fsp3) is 0. The number of amidine groups is 1. The molecule has 0 aliphatic carbocycles. The molecule has 0 atom stereocenters. The van der Waals surface area contributed by atoms with Crippen LogP contribution in [0.15, 0.2) is 34.7 Å². The summed E-state index contributed by atoms with van der Waals surface area (Å²) in [5, 5.41) is 8.97. The van der Waals surface area contributed by atoms with Gasteiger partial charge in [0, 0.05) is 10.8 Å². The first kappa shape index (κ1) is 9.26.